The second kappa shape index (κ2) is 8.44. The van der Waals surface area contributed by atoms with E-state index in [1.165, 1.54) is 5.69 Å². The fourth-order valence-electron chi connectivity index (χ4n) is 3.79. The highest BCUT2D eigenvalue weighted by Crippen LogP contribution is 2.38. The van der Waals surface area contributed by atoms with Crippen molar-refractivity contribution in [1.82, 2.24) is 19.8 Å². The van der Waals surface area contributed by atoms with E-state index in [-0.39, 0.29) is 12.1 Å². The number of para-hydroxylation sites is 1. The normalized spacial score (nSPS) is 18.9. The molecule has 0 spiro atoms. The maximum atomic E-state index is 5.71. The molecule has 2 atom stereocenters. The van der Waals surface area contributed by atoms with Crippen LogP contribution in [-0.4, -0.2) is 32.7 Å². The van der Waals surface area contributed by atoms with Crippen LogP contribution in [0.4, 0.5) is 5.69 Å². The molecule has 2 aromatic heterocycles. The van der Waals surface area contributed by atoms with E-state index in [4.69, 9.17) is 12.2 Å². The van der Waals surface area contributed by atoms with Crippen LogP contribution in [0.2, 0.25) is 0 Å². The zero-order chi connectivity index (χ0) is 19.3. The fraction of sp³-hybridized carbons (Fsp3) is 0.273. The van der Waals surface area contributed by atoms with Gasteiger partial charge in [-0.25, -0.2) is 0 Å². The van der Waals surface area contributed by atoms with E-state index in [0.717, 1.165) is 36.0 Å². The summed E-state index contributed by atoms with van der Waals surface area (Å²) >= 11 is 5.71. The number of hydrogen-bond donors (Lipinski definition) is 2. The summed E-state index contributed by atoms with van der Waals surface area (Å²) in [6.45, 7) is 1.78. The van der Waals surface area contributed by atoms with Crippen molar-refractivity contribution in [3.05, 3.63) is 84.4 Å². The van der Waals surface area contributed by atoms with Crippen LogP contribution in [0.3, 0.4) is 0 Å². The van der Waals surface area contributed by atoms with Crippen LogP contribution in [-0.2, 0) is 7.05 Å². The van der Waals surface area contributed by atoms with E-state index in [1.54, 1.807) is 0 Å². The van der Waals surface area contributed by atoms with Gasteiger partial charge in [-0.3, -0.25) is 4.98 Å². The Bertz CT molecular complexity index is 909. The van der Waals surface area contributed by atoms with E-state index < -0.39 is 0 Å². The lowest BCUT2D eigenvalue weighted by molar-refractivity contribution is 0.305. The lowest BCUT2D eigenvalue weighted by Gasteiger charge is -2.28. The van der Waals surface area contributed by atoms with Gasteiger partial charge in [0, 0.05) is 43.9 Å². The largest absolute Gasteiger partial charge is 0.385 e. The molecular weight excluding hydrogens is 366 g/mol. The monoisotopic (exact) mass is 391 g/mol. The van der Waals surface area contributed by atoms with Gasteiger partial charge >= 0.3 is 0 Å². The van der Waals surface area contributed by atoms with Crippen molar-refractivity contribution in [2.24, 2.45) is 7.05 Å². The number of anilines is 1. The SMILES string of the molecule is Cn1cccc1[C@@H]1[C@@H](c2ccccn2)NC(=S)N1CCCNc1ccccc1. The van der Waals surface area contributed by atoms with Crippen LogP contribution >= 0.6 is 12.2 Å². The lowest BCUT2D eigenvalue weighted by Crippen LogP contribution is -2.32. The molecule has 3 aromatic rings. The fourth-order valence-corrected chi connectivity index (χ4v) is 4.12. The molecule has 2 N–H and O–H groups in total. The molecule has 5 nitrogen and oxygen atoms in total. The average molecular weight is 392 g/mol. The van der Waals surface area contributed by atoms with Crippen molar-refractivity contribution < 1.29 is 0 Å². The molecule has 1 saturated heterocycles. The van der Waals surface area contributed by atoms with Gasteiger partial charge in [-0.1, -0.05) is 24.3 Å². The summed E-state index contributed by atoms with van der Waals surface area (Å²) in [6.07, 6.45) is 4.92. The number of benzene rings is 1. The zero-order valence-corrected chi connectivity index (χ0v) is 16.8. The van der Waals surface area contributed by atoms with Crippen LogP contribution in [0, 0.1) is 0 Å². The van der Waals surface area contributed by atoms with Gasteiger partial charge in [0.05, 0.1) is 17.8 Å². The molecule has 1 aromatic carbocycles. The number of nitrogens with one attached hydrogen (secondary N) is 2. The smallest absolute Gasteiger partial charge is 0.170 e. The molecule has 0 amide bonds. The molecule has 1 fully saturated rings. The molecule has 0 bridgehead atoms. The maximum absolute atomic E-state index is 5.71. The van der Waals surface area contributed by atoms with Crippen LogP contribution in [0.15, 0.2) is 73.1 Å². The molecule has 0 saturated carbocycles. The predicted molar refractivity (Wildman–Crippen MR) is 117 cm³/mol. The summed E-state index contributed by atoms with van der Waals surface area (Å²) in [5.74, 6) is 0. The number of rotatable bonds is 7. The van der Waals surface area contributed by atoms with E-state index in [1.807, 2.05) is 36.5 Å². The summed E-state index contributed by atoms with van der Waals surface area (Å²) in [5.41, 5.74) is 3.40. The quantitative estimate of drug-likeness (QED) is 0.473. The van der Waals surface area contributed by atoms with E-state index in [9.17, 15) is 0 Å². The highest BCUT2D eigenvalue weighted by molar-refractivity contribution is 7.80. The first kappa shape index (κ1) is 18.5. The molecule has 4 rings (SSSR count). The average Bonchev–Trinajstić information content (AvgIpc) is 3.29. The Labute approximate surface area is 171 Å². The summed E-state index contributed by atoms with van der Waals surface area (Å²) in [4.78, 5) is 6.89. The predicted octanol–water partition coefficient (Wildman–Crippen LogP) is 3.89. The molecule has 0 unspecified atom stereocenters. The molecular formula is C22H25N5S. The van der Waals surface area contributed by atoms with E-state index >= 15 is 0 Å². The minimum atomic E-state index is 0.0457. The Morgan fingerprint density at radius 2 is 1.89 bits per heavy atom. The Balaban J connectivity index is 1.50. The van der Waals surface area contributed by atoms with Crippen molar-refractivity contribution in [2.75, 3.05) is 18.4 Å². The van der Waals surface area contributed by atoms with Gasteiger partial charge in [-0.2, -0.15) is 0 Å². The number of nitrogens with zero attached hydrogens (tertiary/aromatic N) is 3. The lowest BCUT2D eigenvalue weighted by atomic mass is 10.0. The van der Waals surface area contributed by atoms with E-state index in [2.05, 4.69) is 68.7 Å². The van der Waals surface area contributed by atoms with Gasteiger partial charge < -0.3 is 20.1 Å². The summed E-state index contributed by atoms with van der Waals surface area (Å²) < 4.78 is 2.17. The Morgan fingerprint density at radius 1 is 1.07 bits per heavy atom. The summed E-state index contributed by atoms with van der Waals surface area (Å²) in [6, 6.07) is 20.8. The summed E-state index contributed by atoms with van der Waals surface area (Å²) in [5, 5.41) is 7.78. The first-order chi connectivity index (χ1) is 13.7. The van der Waals surface area contributed by atoms with Gasteiger partial charge in [-0.15, -0.1) is 0 Å². The highest BCUT2D eigenvalue weighted by atomic mass is 32.1. The third-order valence-corrected chi connectivity index (χ3v) is 5.52. The zero-order valence-electron chi connectivity index (χ0n) is 16.0. The summed E-state index contributed by atoms with van der Waals surface area (Å²) in [7, 11) is 2.08. The molecule has 6 heteroatoms. The standard InChI is InChI=1S/C22H25N5S/c1-26-15-7-12-19(26)21-20(18-11-5-6-13-24-18)25-22(28)27(21)16-8-14-23-17-9-3-2-4-10-17/h2-7,9-13,15,20-21,23H,8,14,16H2,1H3,(H,25,28)/t20-,21-/m1/s1. The first-order valence-corrected chi connectivity index (χ1v) is 10.0. The van der Waals surface area contributed by atoms with Crippen LogP contribution in [0.5, 0.6) is 0 Å². The van der Waals surface area contributed by atoms with Crippen molar-refractivity contribution in [1.29, 1.82) is 0 Å². The van der Waals surface area contributed by atoms with Crippen molar-refractivity contribution in [3.63, 3.8) is 0 Å². The van der Waals surface area contributed by atoms with Crippen molar-refractivity contribution >= 4 is 23.0 Å². The maximum Gasteiger partial charge on any atom is 0.170 e. The third kappa shape index (κ3) is 3.87. The number of pyridine rings is 1. The Morgan fingerprint density at radius 3 is 2.61 bits per heavy atom. The molecule has 0 radical (unpaired) electrons. The Kier molecular flexibility index (Phi) is 5.58. The molecule has 144 valence electrons. The van der Waals surface area contributed by atoms with Gasteiger partial charge in [0.15, 0.2) is 5.11 Å². The second-order valence-corrected chi connectivity index (χ2v) is 7.40. The topological polar surface area (TPSA) is 45.1 Å². The third-order valence-electron chi connectivity index (χ3n) is 5.16. The minimum Gasteiger partial charge on any atom is -0.385 e. The van der Waals surface area contributed by atoms with Crippen LogP contribution in [0.1, 0.15) is 29.9 Å². The molecule has 0 aliphatic carbocycles. The van der Waals surface area contributed by atoms with Gasteiger partial charge in [0.2, 0.25) is 0 Å². The number of hydrogen-bond acceptors (Lipinski definition) is 3. The van der Waals surface area contributed by atoms with Crippen molar-refractivity contribution in [2.45, 2.75) is 18.5 Å². The minimum absolute atomic E-state index is 0.0457. The Hall–Kier alpha value is -2.86. The molecule has 3 heterocycles. The van der Waals surface area contributed by atoms with Crippen LogP contribution < -0.4 is 10.6 Å². The molecule has 1 aliphatic heterocycles. The number of aryl methyl sites for hydroxylation is 1. The van der Waals surface area contributed by atoms with Crippen molar-refractivity contribution in [3.8, 4) is 0 Å². The van der Waals surface area contributed by atoms with Crippen LogP contribution in [0.25, 0.3) is 0 Å². The highest BCUT2D eigenvalue weighted by Gasteiger charge is 2.40. The molecule has 28 heavy (non-hydrogen) atoms. The van der Waals surface area contributed by atoms with Gasteiger partial charge in [0.25, 0.3) is 0 Å². The van der Waals surface area contributed by atoms with Gasteiger partial charge in [0.1, 0.15) is 0 Å². The molecule has 1 aliphatic rings. The van der Waals surface area contributed by atoms with Gasteiger partial charge in [-0.05, 0) is 55.0 Å². The van der Waals surface area contributed by atoms with E-state index in [0.29, 0.717) is 0 Å². The number of thiocarbonyl (C=S) groups is 1. The first-order valence-electron chi connectivity index (χ1n) is 9.62. The number of aromatic nitrogens is 2. The second-order valence-electron chi connectivity index (χ2n) is 7.01.